The summed E-state index contributed by atoms with van der Waals surface area (Å²) in [5, 5.41) is 15.0. The summed E-state index contributed by atoms with van der Waals surface area (Å²) in [7, 11) is 0. The van der Waals surface area contributed by atoms with Gasteiger partial charge in [0.05, 0.1) is 39.6 Å². The van der Waals surface area contributed by atoms with E-state index >= 15 is 0 Å². The lowest BCUT2D eigenvalue weighted by Gasteiger charge is -2.29. The van der Waals surface area contributed by atoms with Crippen LogP contribution in [0.25, 0.3) is 0 Å². The molecule has 0 aliphatic carbocycles. The Morgan fingerprint density at radius 1 is 0.927 bits per heavy atom. The molecular formula is C44H40Cl2N6O2S. The number of carbonyl (C=O) groups is 1. The SMILES string of the molecule is Cc1cccc(NC(=S)N(NCCCc2ccc(OCc3ccccc3)cc2)C(=O)C(Cc2cccc(Cl)c2Cl)c2cncn2Cc2ccc(C#N)cc2)c1. The molecule has 0 spiro atoms. The minimum absolute atomic E-state index is 0.205. The number of hydrogen-bond acceptors (Lipinski definition) is 6. The Morgan fingerprint density at radius 2 is 1.67 bits per heavy atom. The van der Waals surface area contributed by atoms with E-state index in [1.54, 1.807) is 30.7 Å². The van der Waals surface area contributed by atoms with Gasteiger partial charge in [0.1, 0.15) is 12.4 Å². The number of imidazole rings is 1. The molecule has 0 aliphatic heterocycles. The van der Waals surface area contributed by atoms with Gasteiger partial charge >= 0.3 is 0 Å². The number of benzene rings is 5. The molecule has 55 heavy (non-hydrogen) atoms. The molecule has 0 aliphatic rings. The first-order valence-electron chi connectivity index (χ1n) is 17.9. The largest absolute Gasteiger partial charge is 0.489 e. The van der Waals surface area contributed by atoms with Gasteiger partial charge in [-0.05, 0) is 109 Å². The highest BCUT2D eigenvalue weighted by Gasteiger charge is 2.32. The molecule has 1 aromatic heterocycles. The Balaban J connectivity index is 1.22. The molecule has 0 radical (unpaired) electrons. The summed E-state index contributed by atoms with van der Waals surface area (Å²) in [5.74, 6) is -0.243. The summed E-state index contributed by atoms with van der Waals surface area (Å²) in [4.78, 5) is 19.4. The number of carbonyl (C=O) groups excluding carboxylic acids is 1. The number of amides is 1. The molecule has 1 unspecified atom stereocenters. The molecule has 1 heterocycles. The zero-order valence-electron chi connectivity index (χ0n) is 30.3. The highest BCUT2D eigenvalue weighted by atomic mass is 35.5. The van der Waals surface area contributed by atoms with E-state index in [0.29, 0.717) is 46.6 Å². The van der Waals surface area contributed by atoms with Crippen molar-refractivity contribution in [1.29, 1.82) is 5.26 Å². The number of nitriles is 1. The molecule has 5 aromatic carbocycles. The normalized spacial score (nSPS) is 11.4. The number of hydrogen-bond donors (Lipinski definition) is 2. The molecule has 1 amide bonds. The number of aromatic nitrogens is 2. The summed E-state index contributed by atoms with van der Waals surface area (Å²) < 4.78 is 7.90. The maximum atomic E-state index is 15.0. The monoisotopic (exact) mass is 786 g/mol. The van der Waals surface area contributed by atoms with Crippen LogP contribution in [0.5, 0.6) is 5.75 Å². The van der Waals surface area contributed by atoms with Crippen LogP contribution in [0.15, 0.2) is 134 Å². The lowest BCUT2D eigenvalue weighted by atomic mass is 9.95. The van der Waals surface area contributed by atoms with Crippen LogP contribution in [0, 0.1) is 18.3 Å². The Labute approximate surface area is 337 Å². The zero-order chi connectivity index (χ0) is 38.6. The number of thiocarbonyl (C=S) groups is 1. The second kappa shape index (κ2) is 19.2. The molecule has 2 N–H and O–H groups in total. The van der Waals surface area contributed by atoms with Crippen molar-refractivity contribution in [3.05, 3.63) is 183 Å². The summed E-state index contributed by atoms with van der Waals surface area (Å²) in [6.45, 7) is 3.40. The Hall–Kier alpha value is -5.50. The standard InChI is InChI=1S/C44H40Cl2N6O2S/c1-31-8-5-13-37(24-31)50-44(55)52(49-23-7-11-32-19-21-38(22-20-32)54-29-35-9-3-2-4-10-35)43(53)39(25-36-12-6-14-40(45)42(36)46)41-27-48-30-51(41)28-34-17-15-33(26-47)16-18-34/h2-6,8-10,12-22,24,27,30,39,49H,7,11,23,25,28-29H2,1H3,(H,50,55). The van der Waals surface area contributed by atoms with Crippen LogP contribution in [0.2, 0.25) is 10.0 Å². The predicted octanol–water partition coefficient (Wildman–Crippen LogP) is 9.69. The molecule has 0 saturated heterocycles. The van der Waals surface area contributed by atoms with Gasteiger partial charge in [-0.15, -0.1) is 0 Å². The Kier molecular flexibility index (Phi) is 13.7. The number of nitrogens with one attached hydrogen (secondary N) is 2. The summed E-state index contributed by atoms with van der Waals surface area (Å²) in [6, 6.07) is 40.9. The molecule has 0 bridgehead atoms. The third kappa shape index (κ3) is 10.8. The molecule has 278 valence electrons. The van der Waals surface area contributed by atoms with Crippen LogP contribution in [0.3, 0.4) is 0 Å². The number of nitrogens with zero attached hydrogens (tertiary/aromatic N) is 4. The summed E-state index contributed by atoms with van der Waals surface area (Å²) >= 11 is 19.1. The highest BCUT2D eigenvalue weighted by molar-refractivity contribution is 7.80. The van der Waals surface area contributed by atoms with Crippen molar-refractivity contribution in [2.24, 2.45) is 0 Å². The van der Waals surface area contributed by atoms with Crippen molar-refractivity contribution in [3.8, 4) is 11.8 Å². The average Bonchev–Trinajstić information content (AvgIpc) is 3.66. The quantitative estimate of drug-likeness (QED) is 0.0608. The van der Waals surface area contributed by atoms with Gasteiger partial charge in [0.2, 0.25) is 0 Å². The van der Waals surface area contributed by atoms with Crippen molar-refractivity contribution in [1.82, 2.24) is 20.0 Å². The van der Waals surface area contributed by atoms with Gasteiger partial charge in [-0.25, -0.2) is 15.4 Å². The van der Waals surface area contributed by atoms with Crippen LogP contribution in [0.4, 0.5) is 5.69 Å². The molecule has 0 fully saturated rings. The smallest absolute Gasteiger partial charge is 0.252 e. The van der Waals surface area contributed by atoms with E-state index in [-0.39, 0.29) is 17.4 Å². The predicted molar refractivity (Wildman–Crippen MR) is 223 cm³/mol. The van der Waals surface area contributed by atoms with E-state index < -0.39 is 5.92 Å². The van der Waals surface area contributed by atoms with Crippen LogP contribution < -0.4 is 15.5 Å². The second-order valence-electron chi connectivity index (χ2n) is 13.1. The highest BCUT2D eigenvalue weighted by Crippen LogP contribution is 2.32. The third-order valence-corrected chi connectivity index (χ3v) is 10.2. The fourth-order valence-electron chi connectivity index (χ4n) is 6.16. The molecule has 0 saturated carbocycles. The van der Waals surface area contributed by atoms with E-state index in [9.17, 15) is 10.1 Å². The number of anilines is 1. The fourth-order valence-corrected chi connectivity index (χ4v) is 6.83. The number of hydrazine groups is 1. The lowest BCUT2D eigenvalue weighted by Crippen LogP contribution is -2.51. The van der Waals surface area contributed by atoms with Crippen molar-refractivity contribution >= 4 is 52.1 Å². The maximum Gasteiger partial charge on any atom is 0.252 e. The lowest BCUT2D eigenvalue weighted by molar-refractivity contribution is -0.131. The minimum Gasteiger partial charge on any atom is -0.489 e. The van der Waals surface area contributed by atoms with Gasteiger partial charge in [-0.1, -0.05) is 102 Å². The number of rotatable bonds is 15. The van der Waals surface area contributed by atoms with E-state index in [4.69, 9.17) is 40.2 Å². The third-order valence-electron chi connectivity index (χ3n) is 9.07. The van der Waals surface area contributed by atoms with Gasteiger partial charge in [-0.2, -0.15) is 5.26 Å². The Morgan fingerprint density at radius 3 is 2.42 bits per heavy atom. The topological polar surface area (TPSA) is 95.2 Å². The summed E-state index contributed by atoms with van der Waals surface area (Å²) in [5.41, 5.74) is 10.3. The zero-order valence-corrected chi connectivity index (χ0v) is 32.6. The van der Waals surface area contributed by atoms with E-state index in [0.717, 1.165) is 46.5 Å². The van der Waals surface area contributed by atoms with Crippen molar-refractivity contribution in [2.75, 3.05) is 11.9 Å². The molecule has 11 heteroatoms. The van der Waals surface area contributed by atoms with Crippen LogP contribution in [-0.2, 0) is 30.8 Å². The summed E-state index contributed by atoms with van der Waals surface area (Å²) in [6.07, 6.45) is 5.13. The van der Waals surface area contributed by atoms with E-state index in [1.807, 2.05) is 102 Å². The average molecular weight is 788 g/mol. The van der Waals surface area contributed by atoms with Gasteiger partial charge in [0.15, 0.2) is 5.11 Å². The number of aryl methyl sites for hydroxylation is 2. The van der Waals surface area contributed by atoms with Gasteiger partial charge in [0, 0.05) is 25.0 Å². The Bertz CT molecular complexity index is 2260. The molecule has 6 aromatic rings. The maximum absolute atomic E-state index is 15.0. The molecular weight excluding hydrogens is 747 g/mol. The van der Waals surface area contributed by atoms with Crippen LogP contribution in [0.1, 0.15) is 51.4 Å². The van der Waals surface area contributed by atoms with Gasteiger partial charge < -0.3 is 14.6 Å². The fraction of sp³-hybridized carbons (Fsp3) is 0.182. The van der Waals surface area contributed by atoms with Gasteiger partial charge in [-0.3, -0.25) is 4.79 Å². The number of halogens is 2. The molecule has 6 rings (SSSR count). The number of ether oxygens (including phenoxy) is 1. The van der Waals surface area contributed by atoms with E-state index in [1.165, 1.54) is 5.01 Å². The van der Waals surface area contributed by atoms with E-state index in [2.05, 4.69) is 33.9 Å². The molecule has 1 atom stereocenters. The first kappa shape index (κ1) is 39.2. The first-order chi connectivity index (χ1) is 26.8. The molecule has 8 nitrogen and oxygen atoms in total. The van der Waals surface area contributed by atoms with Crippen LogP contribution in [-0.4, -0.2) is 32.1 Å². The minimum atomic E-state index is -0.759. The van der Waals surface area contributed by atoms with Crippen molar-refractivity contribution in [2.45, 2.75) is 45.3 Å². The first-order valence-corrected chi connectivity index (χ1v) is 19.1. The second-order valence-corrected chi connectivity index (χ2v) is 14.3. The van der Waals surface area contributed by atoms with Crippen LogP contribution >= 0.6 is 35.4 Å². The van der Waals surface area contributed by atoms with Crippen molar-refractivity contribution in [3.63, 3.8) is 0 Å². The van der Waals surface area contributed by atoms with Gasteiger partial charge in [0.25, 0.3) is 5.91 Å². The van der Waals surface area contributed by atoms with Crippen molar-refractivity contribution < 1.29 is 9.53 Å².